The highest BCUT2D eigenvalue weighted by Crippen LogP contribution is 2.35. The number of carbonyl (C=O) groups is 1. The van der Waals surface area contributed by atoms with Crippen LogP contribution >= 0.6 is 15.9 Å². The molecule has 10 nitrogen and oxygen atoms in total. The number of halogens is 1. The maximum Gasteiger partial charge on any atom is 0.264 e. The van der Waals surface area contributed by atoms with Gasteiger partial charge in [-0.15, -0.1) is 0 Å². The zero-order chi connectivity index (χ0) is 30.5. The minimum atomic E-state index is -4.21. The van der Waals surface area contributed by atoms with Crippen molar-refractivity contribution in [2.24, 2.45) is 0 Å². The molecule has 4 aromatic rings. The van der Waals surface area contributed by atoms with Crippen molar-refractivity contribution in [3.8, 4) is 11.5 Å². The summed E-state index contributed by atoms with van der Waals surface area (Å²) in [5, 5.41) is 2.64. The number of methoxy groups -OCH3 is 2. The second-order valence-corrected chi connectivity index (χ2v) is 13.5. The predicted octanol–water partition coefficient (Wildman–Crippen LogP) is 5.41. The molecule has 0 spiro atoms. The van der Waals surface area contributed by atoms with Crippen molar-refractivity contribution in [2.75, 3.05) is 35.1 Å². The number of anilines is 3. The number of ether oxygens (including phenoxy) is 2. The van der Waals surface area contributed by atoms with Crippen LogP contribution in [0.1, 0.15) is 5.56 Å². The number of aryl methyl sites for hydroxylation is 1. The molecule has 0 aromatic heterocycles. The van der Waals surface area contributed by atoms with E-state index < -0.39 is 32.5 Å². The third-order valence-corrected chi connectivity index (χ3v) is 9.80. The van der Waals surface area contributed by atoms with Gasteiger partial charge in [0.15, 0.2) is 0 Å². The number of amides is 1. The van der Waals surface area contributed by atoms with Crippen molar-refractivity contribution in [1.82, 2.24) is 0 Å². The Kier molecular flexibility index (Phi) is 9.44. The molecule has 0 bridgehead atoms. The standard InChI is InChI=1S/C29H28BrN3O7S2/c1-20-4-13-26(14-5-20)42(37,38)33(27-17-12-24(39-2)18-28(27)40-3)19-29(34)31-22-10-15-25(16-11-22)41(35,36)32-23-8-6-21(30)7-9-23/h4-18,32H,19H2,1-3H3,(H,31,34). The molecule has 4 rings (SSSR count). The van der Waals surface area contributed by atoms with Gasteiger partial charge in [-0.2, -0.15) is 0 Å². The fourth-order valence-corrected chi connectivity index (χ4v) is 6.66. The van der Waals surface area contributed by atoms with Gasteiger partial charge in [-0.1, -0.05) is 33.6 Å². The van der Waals surface area contributed by atoms with Crippen LogP contribution in [0, 0.1) is 6.92 Å². The predicted molar refractivity (Wildman–Crippen MR) is 165 cm³/mol. The largest absolute Gasteiger partial charge is 0.497 e. The molecule has 0 unspecified atom stereocenters. The lowest BCUT2D eigenvalue weighted by atomic mass is 10.2. The van der Waals surface area contributed by atoms with Crippen LogP contribution in [-0.4, -0.2) is 43.5 Å². The quantitative estimate of drug-likeness (QED) is 0.218. The molecule has 0 aliphatic heterocycles. The van der Waals surface area contributed by atoms with Crippen LogP contribution in [0.15, 0.2) is 105 Å². The summed E-state index contributed by atoms with van der Waals surface area (Å²) in [6.07, 6.45) is 0. The Morgan fingerprint density at radius 3 is 1.98 bits per heavy atom. The molecule has 0 saturated heterocycles. The molecular weight excluding hydrogens is 646 g/mol. The summed E-state index contributed by atoms with van der Waals surface area (Å²) < 4.78 is 68.0. The van der Waals surface area contributed by atoms with Crippen LogP contribution in [0.5, 0.6) is 11.5 Å². The fourth-order valence-electron chi connectivity index (χ4n) is 3.91. The Morgan fingerprint density at radius 1 is 0.786 bits per heavy atom. The maximum absolute atomic E-state index is 13.8. The lowest BCUT2D eigenvalue weighted by molar-refractivity contribution is -0.114. The number of hydrogen-bond acceptors (Lipinski definition) is 7. The summed E-state index contributed by atoms with van der Waals surface area (Å²) in [6.45, 7) is 1.24. The van der Waals surface area contributed by atoms with E-state index in [1.165, 1.54) is 62.8 Å². The average Bonchev–Trinajstić information content (AvgIpc) is 2.97. The van der Waals surface area contributed by atoms with Crippen molar-refractivity contribution in [3.05, 3.63) is 101 Å². The zero-order valence-electron chi connectivity index (χ0n) is 22.9. The van der Waals surface area contributed by atoms with Crippen LogP contribution in [0.25, 0.3) is 0 Å². The summed E-state index contributed by atoms with van der Waals surface area (Å²) in [6, 6.07) is 23.0. The second kappa shape index (κ2) is 12.8. The Hall–Kier alpha value is -4.07. The number of sulfonamides is 2. The highest BCUT2D eigenvalue weighted by Gasteiger charge is 2.30. The number of rotatable bonds is 11. The first kappa shape index (κ1) is 30.9. The van der Waals surface area contributed by atoms with E-state index in [2.05, 4.69) is 26.0 Å². The smallest absolute Gasteiger partial charge is 0.264 e. The van der Waals surface area contributed by atoms with E-state index >= 15 is 0 Å². The average molecular weight is 675 g/mol. The Balaban J connectivity index is 1.58. The molecule has 0 radical (unpaired) electrons. The van der Waals surface area contributed by atoms with Gasteiger partial charge in [0.25, 0.3) is 20.0 Å². The molecule has 0 aliphatic carbocycles. The molecule has 0 atom stereocenters. The highest BCUT2D eigenvalue weighted by molar-refractivity contribution is 9.10. The number of hydrogen-bond donors (Lipinski definition) is 2. The first-order valence-corrected chi connectivity index (χ1v) is 16.1. The van der Waals surface area contributed by atoms with Gasteiger partial charge in [0.1, 0.15) is 18.0 Å². The van der Waals surface area contributed by atoms with Crippen LogP contribution in [0.3, 0.4) is 0 Å². The molecule has 13 heteroatoms. The molecule has 1 amide bonds. The molecule has 0 saturated carbocycles. The summed E-state index contributed by atoms with van der Waals surface area (Å²) in [7, 11) is -5.24. The van der Waals surface area contributed by atoms with Gasteiger partial charge >= 0.3 is 0 Å². The maximum atomic E-state index is 13.8. The van der Waals surface area contributed by atoms with Crippen LogP contribution in [-0.2, 0) is 24.8 Å². The minimum absolute atomic E-state index is 0.00777. The van der Waals surface area contributed by atoms with Gasteiger partial charge in [-0.25, -0.2) is 16.8 Å². The first-order chi connectivity index (χ1) is 19.9. The molecule has 0 heterocycles. The number of carbonyl (C=O) groups excluding carboxylic acids is 1. The third-order valence-electron chi connectivity index (χ3n) is 6.10. The van der Waals surface area contributed by atoms with Crippen LogP contribution in [0.4, 0.5) is 17.1 Å². The van der Waals surface area contributed by atoms with Crippen LogP contribution < -0.4 is 23.8 Å². The first-order valence-electron chi connectivity index (χ1n) is 12.4. The zero-order valence-corrected chi connectivity index (χ0v) is 26.1. The van der Waals surface area contributed by atoms with E-state index in [4.69, 9.17) is 9.47 Å². The Bertz CT molecular complexity index is 1780. The fraction of sp³-hybridized carbons (Fsp3) is 0.138. The molecule has 2 N–H and O–H groups in total. The summed E-state index contributed by atoms with van der Waals surface area (Å²) >= 11 is 3.30. The Labute approximate surface area is 253 Å². The molecule has 0 aliphatic rings. The Morgan fingerprint density at radius 2 is 1.38 bits per heavy atom. The molecular formula is C29H28BrN3O7S2. The topological polar surface area (TPSA) is 131 Å². The molecule has 4 aromatic carbocycles. The molecule has 42 heavy (non-hydrogen) atoms. The number of nitrogens with one attached hydrogen (secondary N) is 2. The second-order valence-electron chi connectivity index (χ2n) is 9.05. The lowest BCUT2D eigenvalue weighted by Gasteiger charge is -2.26. The van der Waals surface area contributed by atoms with Gasteiger partial charge in [0.2, 0.25) is 5.91 Å². The normalized spacial score (nSPS) is 11.4. The lowest BCUT2D eigenvalue weighted by Crippen LogP contribution is -2.38. The van der Waals surface area contributed by atoms with Gasteiger partial charge < -0.3 is 14.8 Å². The van der Waals surface area contributed by atoms with E-state index in [9.17, 15) is 21.6 Å². The summed E-state index contributed by atoms with van der Waals surface area (Å²) in [5.74, 6) is -0.0322. The van der Waals surface area contributed by atoms with E-state index in [1.54, 1.807) is 42.5 Å². The minimum Gasteiger partial charge on any atom is -0.497 e. The summed E-state index contributed by atoms with van der Waals surface area (Å²) in [4.78, 5) is 13.2. The van der Waals surface area contributed by atoms with E-state index in [1.807, 2.05) is 6.92 Å². The molecule has 0 fully saturated rings. The van der Waals surface area contributed by atoms with E-state index in [0.29, 0.717) is 11.4 Å². The van der Waals surface area contributed by atoms with Crippen molar-refractivity contribution < 1.29 is 31.1 Å². The number of nitrogens with zero attached hydrogens (tertiary/aromatic N) is 1. The van der Waals surface area contributed by atoms with Gasteiger partial charge in [0, 0.05) is 21.9 Å². The SMILES string of the molecule is COc1ccc(N(CC(=O)Nc2ccc(S(=O)(=O)Nc3ccc(Br)cc3)cc2)S(=O)(=O)c2ccc(C)cc2)c(OC)c1. The van der Waals surface area contributed by atoms with E-state index in [0.717, 1.165) is 14.3 Å². The van der Waals surface area contributed by atoms with Crippen LogP contribution in [0.2, 0.25) is 0 Å². The highest BCUT2D eigenvalue weighted by atomic mass is 79.9. The van der Waals surface area contributed by atoms with Gasteiger partial charge in [-0.05, 0) is 79.7 Å². The number of benzene rings is 4. The van der Waals surface area contributed by atoms with E-state index in [-0.39, 0.29) is 26.9 Å². The van der Waals surface area contributed by atoms with Crippen molar-refractivity contribution in [3.63, 3.8) is 0 Å². The summed E-state index contributed by atoms with van der Waals surface area (Å²) in [5.41, 5.74) is 1.67. The third kappa shape index (κ3) is 7.22. The monoisotopic (exact) mass is 673 g/mol. The van der Waals surface area contributed by atoms with Gasteiger partial charge in [-0.3, -0.25) is 13.8 Å². The van der Waals surface area contributed by atoms with Crippen molar-refractivity contribution in [2.45, 2.75) is 16.7 Å². The van der Waals surface area contributed by atoms with Gasteiger partial charge in [0.05, 0.1) is 29.7 Å². The van der Waals surface area contributed by atoms with Crippen molar-refractivity contribution >= 4 is 58.9 Å². The van der Waals surface area contributed by atoms with Crippen molar-refractivity contribution in [1.29, 1.82) is 0 Å². The molecule has 220 valence electrons.